The molecule has 2 heteroatoms. The molecule has 0 saturated heterocycles. The first-order valence-corrected chi connectivity index (χ1v) is 9.94. The molecule has 0 unspecified atom stereocenters. The number of benzene rings is 4. The average Bonchev–Trinajstić information content (AvgIpc) is 2.75. The van der Waals surface area contributed by atoms with Gasteiger partial charge in [0.2, 0.25) is 0 Å². The van der Waals surface area contributed by atoms with Crippen molar-refractivity contribution in [3.05, 3.63) is 114 Å². The van der Waals surface area contributed by atoms with Crippen molar-refractivity contribution in [3.63, 3.8) is 0 Å². The fourth-order valence-corrected chi connectivity index (χ4v) is 3.61. The Kier molecular flexibility index (Phi) is 5.35. The van der Waals surface area contributed by atoms with Crippen LogP contribution in [0.25, 0.3) is 0 Å². The molecule has 0 fully saturated rings. The molecule has 2 nitrogen and oxygen atoms in total. The van der Waals surface area contributed by atoms with Crippen molar-refractivity contribution < 1.29 is 0 Å². The second kappa shape index (κ2) is 8.24. The molecule has 0 saturated carbocycles. The van der Waals surface area contributed by atoms with Gasteiger partial charge in [-0.3, -0.25) is 0 Å². The molecule has 4 rings (SSSR count). The van der Waals surface area contributed by atoms with Gasteiger partial charge < -0.3 is 9.80 Å². The molecular weight excluding hydrogens is 352 g/mol. The second-order valence-electron chi connectivity index (χ2n) is 7.42. The first-order valence-electron chi connectivity index (χ1n) is 9.94. The maximum Gasteiger partial charge on any atom is 0.0464 e. The highest BCUT2D eigenvalue weighted by molar-refractivity contribution is 5.78. The first kappa shape index (κ1) is 18.8. The van der Waals surface area contributed by atoms with Crippen molar-refractivity contribution in [3.8, 4) is 0 Å². The van der Waals surface area contributed by atoms with Gasteiger partial charge in [0.15, 0.2) is 0 Å². The van der Waals surface area contributed by atoms with Crippen LogP contribution in [0.2, 0.25) is 0 Å². The first-order chi connectivity index (χ1) is 14.1. The quantitative estimate of drug-likeness (QED) is 0.354. The lowest BCUT2D eigenvalue weighted by molar-refractivity contribution is 1.20. The van der Waals surface area contributed by atoms with E-state index >= 15 is 0 Å². The summed E-state index contributed by atoms with van der Waals surface area (Å²) in [5, 5.41) is 0. The van der Waals surface area contributed by atoms with Gasteiger partial charge >= 0.3 is 0 Å². The SMILES string of the molecule is Cc1cccc(N(c2ccc(N(C)c3ccccc3)cc2)c2cccc(C)c2)c1. The third-order valence-electron chi connectivity index (χ3n) is 5.16. The lowest BCUT2D eigenvalue weighted by Crippen LogP contribution is -2.12. The van der Waals surface area contributed by atoms with Crippen molar-refractivity contribution in [1.29, 1.82) is 0 Å². The molecule has 0 aliphatic carbocycles. The molecule has 0 aromatic heterocycles. The lowest BCUT2D eigenvalue weighted by atomic mass is 10.1. The zero-order valence-corrected chi connectivity index (χ0v) is 17.2. The van der Waals surface area contributed by atoms with E-state index in [-0.39, 0.29) is 0 Å². The van der Waals surface area contributed by atoms with Gasteiger partial charge in [0.1, 0.15) is 0 Å². The van der Waals surface area contributed by atoms with E-state index in [2.05, 4.69) is 128 Å². The maximum atomic E-state index is 2.31. The van der Waals surface area contributed by atoms with Crippen molar-refractivity contribution >= 4 is 28.4 Å². The number of rotatable bonds is 5. The maximum absolute atomic E-state index is 2.31. The summed E-state index contributed by atoms with van der Waals surface area (Å²) in [6.45, 7) is 4.27. The molecule has 0 aliphatic heterocycles. The van der Waals surface area contributed by atoms with Crippen LogP contribution in [0, 0.1) is 13.8 Å². The van der Waals surface area contributed by atoms with Crippen molar-refractivity contribution in [1.82, 2.24) is 0 Å². The molecular formula is C27H26N2. The summed E-state index contributed by atoms with van der Waals surface area (Å²) in [6.07, 6.45) is 0. The molecule has 4 aromatic rings. The average molecular weight is 379 g/mol. The number of hydrogen-bond acceptors (Lipinski definition) is 2. The third kappa shape index (κ3) is 4.17. The van der Waals surface area contributed by atoms with Crippen LogP contribution in [0.3, 0.4) is 0 Å². The molecule has 0 atom stereocenters. The molecule has 4 aromatic carbocycles. The zero-order valence-electron chi connectivity index (χ0n) is 17.2. The normalized spacial score (nSPS) is 10.6. The summed E-state index contributed by atoms with van der Waals surface area (Å²) in [7, 11) is 2.10. The second-order valence-corrected chi connectivity index (χ2v) is 7.42. The van der Waals surface area contributed by atoms with Crippen molar-refractivity contribution in [2.45, 2.75) is 13.8 Å². The van der Waals surface area contributed by atoms with Gasteiger partial charge in [-0.05, 0) is 85.6 Å². The molecule has 0 amide bonds. The molecule has 29 heavy (non-hydrogen) atoms. The van der Waals surface area contributed by atoms with E-state index in [0.717, 1.165) is 11.4 Å². The van der Waals surface area contributed by atoms with E-state index in [1.807, 2.05) is 6.07 Å². The summed E-state index contributed by atoms with van der Waals surface area (Å²) in [4.78, 5) is 4.51. The Bertz CT molecular complexity index is 1040. The molecule has 144 valence electrons. The molecule has 0 N–H and O–H groups in total. The van der Waals surface area contributed by atoms with Crippen molar-refractivity contribution in [2.24, 2.45) is 0 Å². The van der Waals surface area contributed by atoms with Crippen LogP contribution in [0.1, 0.15) is 11.1 Å². The minimum Gasteiger partial charge on any atom is -0.345 e. The van der Waals surface area contributed by atoms with Crippen LogP contribution in [-0.4, -0.2) is 7.05 Å². The van der Waals surface area contributed by atoms with E-state index in [4.69, 9.17) is 0 Å². The monoisotopic (exact) mass is 378 g/mol. The Balaban J connectivity index is 1.73. The van der Waals surface area contributed by atoms with E-state index < -0.39 is 0 Å². The number of nitrogens with zero attached hydrogens (tertiary/aromatic N) is 2. The Morgan fingerprint density at radius 3 is 1.41 bits per heavy atom. The predicted molar refractivity (Wildman–Crippen MR) is 125 cm³/mol. The van der Waals surface area contributed by atoms with Gasteiger partial charge in [0.05, 0.1) is 0 Å². The van der Waals surface area contributed by atoms with Gasteiger partial charge in [-0.25, -0.2) is 0 Å². The molecule has 0 heterocycles. The fourth-order valence-electron chi connectivity index (χ4n) is 3.61. The van der Waals surface area contributed by atoms with Crippen molar-refractivity contribution in [2.75, 3.05) is 16.8 Å². The van der Waals surface area contributed by atoms with E-state index in [1.165, 1.54) is 28.2 Å². The fraction of sp³-hybridized carbons (Fsp3) is 0.111. The lowest BCUT2D eigenvalue weighted by Gasteiger charge is -2.27. The largest absolute Gasteiger partial charge is 0.345 e. The van der Waals surface area contributed by atoms with Gasteiger partial charge in [0.25, 0.3) is 0 Å². The topological polar surface area (TPSA) is 6.48 Å². The predicted octanol–water partition coefficient (Wildman–Crippen LogP) is 7.54. The van der Waals surface area contributed by atoms with Crippen LogP contribution in [0.5, 0.6) is 0 Å². The number of hydrogen-bond donors (Lipinski definition) is 0. The number of aryl methyl sites for hydroxylation is 2. The van der Waals surface area contributed by atoms with Crippen LogP contribution in [0.15, 0.2) is 103 Å². The Morgan fingerprint density at radius 1 is 0.448 bits per heavy atom. The van der Waals surface area contributed by atoms with Gasteiger partial charge in [-0.1, -0.05) is 42.5 Å². The van der Waals surface area contributed by atoms with E-state index in [1.54, 1.807) is 0 Å². The highest BCUT2D eigenvalue weighted by Crippen LogP contribution is 2.36. The minimum absolute atomic E-state index is 1.14. The van der Waals surface area contributed by atoms with Gasteiger partial charge in [-0.15, -0.1) is 0 Å². The Morgan fingerprint density at radius 2 is 0.897 bits per heavy atom. The van der Waals surface area contributed by atoms with Crippen LogP contribution in [-0.2, 0) is 0 Å². The molecule has 0 bridgehead atoms. The zero-order chi connectivity index (χ0) is 20.2. The molecule has 0 radical (unpaired) electrons. The molecule has 0 aliphatic rings. The summed E-state index contributed by atoms with van der Waals surface area (Å²) in [6, 6.07) is 36.5. The number of anilines is 5. The van der Waals surface area contributed by atoms with Crippen LogP contribution in [0.4, 0.5) is 28.4 Å². The Labute approximate surface area is 173 Å². The summed E-state index contributed by atoms with van der Waals surface area (Å²) in [5.74, 6) is 0. The van der Waals surface area contributed by atoms with E-state index in [9.17, 15) is 0 Å². The standard InChI is InChI=1S/C27H26N2/c1-21-9-7-13-26(19-21)29(27-14-8-10-22(2)20-27)25-17-15-24(16-18-25)28(3)23-11-5-4-6-12-23/h4-20H,1-3H3. The highest BCUT2D eigenvalue weighted by atomic mass is 15.1. The summed E-state index contributed by atoms with van der Waals surface area (Å²) < 4.78 is 0. The molecule has 0 spiro atoms. The van der Waals surface area contributed by atoms with Gasteiger partial charge in [0, 0.05) is 35.5 Å². The van der Waals surface area contributed by atoms with Crippen LogP contribution >= 0.6 is 0 Å². The van der Waals surface area contributed by atoms with Gasteiger partial charge in [-0.2, -0.15) is 0 Å². The minimum atomic E-state index is 1.14. The van der Waals surface area contributed by atoms with E-state index in [0.29, 0.717) is 0 Å². The third-order valence-corrected chi connectivity index (χ3v) is 5.16. The highest BCUT2D eigenvalue weighted by Gasteiger charge is 2.13. The summed E-state index contributed by atoms with van der Waals surface area (Å²) in [5.41, 5.74) is 8.31. The van der Waals surface area contributed by atoms with Crippen LogP contribution < -0.4 is 9.80 Å². The number of para-hydroxylation sites is 1. The Hall–Kier alpha value is -3.52. The summed E-state index contributed by atoms with van der Waals surface area (Å²) >= 11 is 0. The smallest absolute Gasteiger partial charge is 0.0464 e.